The van der Waals surface area contributed by atoms with Crippen molar-refractivity contribution in [3.63, 3.8) is 0 Å². The maximum atomic E-state index is 12.5. The summed E-state index contributed by atoms with van der Waals surface area (Å²) in [5.41, 5.74) is 2.25. The van der Waals surface area contributed by atoms with Gasteiger partial charge in [-0.05, 0) is 54.8 Å². The lowest BCUT2D eigenvalue weighted by atomic mass is 10.1. The van der Waals surface area contributed by atoms with Gasteiger partial charge in [0.05, 0.1) is 15.1 Å². The zero-order valence-electron chi connectivity index (χ0n) is 14.1. The maximum Gasteiger partial charge on any atom is 0.285 e. The highest BCUT2D eigenvalue weighted by atomic mass is 35.5. The molecule has 0 fully saturated rings. The number of hydrogen-bond acceptors (Lipinski definition) is 3. The number of benzene rings is 2. The van der Waals surface area contributed by atoms with Crippen LogP contribution < -0.4 is 4.80 Å². The number of aryl methyl sites for hydroxylation is 2. The molecular formula is C18H19ClN2O2S2. The third-order valence-electron chi connectivity index (χ3n) is 4.00. The molecule has 0 amide bonds. The van der Waals surface area contributed by atoms with E-state index >= 15 is 0 Å². The molecule has 0 saturated heterocycles. The largest absolute Gasteiger partial charge is 0.319 e. The summed E-state index contributed by atoms with van der Waals surface area (Å²) in [6.45, 7) is 2.17. The van der Waals surface area contributed by atoms with Crippen molar-refractivity contribution in [2.24, 2.45) is 11.4 Å². The van der Waals surface area contributed by atoms with E-state index < -0.39 is 10.0 Å². The lowest BCUT2D eigenvalue weighted by molar-refractivity contribution is 0.596. The van der Waals surface area contributed by atoms with E-state index in [4.69, 9.17) is 11.6 Å². The molecule has 2 aromatic carbocycles. The molecule has 0 N–H and O–H groups in total. The Morgan fingerprint density at radius 2 is 1.88 bits per heavy atom. The van der Waals surface area contributed by atoms with Crippen molar-refractivity contribution >= 4 is 43.2 Å². The zero-order valence-corrected chi connectivity index (χ0v) is 16.5. The quantitative estimate of drug-likeness (QED) is 0.638. The Labute approximate surface area is 156 Å². The number of thiazole rings is 1. The van der Waals surface area contributed by atoms with Crippen LogP contribution in [0.3, 0.4) is 0 Å². The van der Waals surface area contributed by atoms with Crippen molar-refractivity contribution in [1.29, 1.82) is 0 Å². The van der Waals surface area contributed by atoms with Gasteiger partial charge >= 0.3 is 0 Å². The second-order valence-corrected chi connectivity index (χ2v) is 8.92. The van der Waals surface area contributed by atoms with Gasteiger partial charge in [-0.2, -0.15) is 8.42 Å². The molecule has 0 aliphatic heterocycles. The van der Waals surface area contributed by atoms with E-state index in [2.05, 4.69) is 23.5 Å². The lowest BCUT2D eigenvalue weighted by Crippen LogP contribution is -2.13. The molecule has 0 spiro atoms. The Morgan fingerprint density at radius 1 is 1.16 bits per heavy atom. The summed E-state index contributed by atoms with van der Waals surface area (Å²) in [6.07, 6.45) is 3.32. The van der Waals surface area contributed by atoms with E-state index in [9.17, 15) is 8.42 Å². The van der Waals surface area contributed by atoms with Gasteiger partial charge in [0.2, 0.25) is 4.80 Å². The lowest BCUT2D eigenvalue weighted by Gasteiger charge is -2.01. The Morgan fingerprint density at radius 3 is 2.56 bits per heavy atom. The normalized spacial score (nSPS) is 12.8. The van der Waals surface area contributed by atoms with Crippen LogP contribution in [0.5, 0.6) is 0 Å². The minimum Gasteiger partial charge on any atom is -0.319 e. The fourth-order valence-corrected chi connectivity index (χ4v) is 5.00. The highest BCUT2D eigenvalue weighted by Crippen LogP contribution is 2.21. The minimum absolute atomic E-state index is 0.137. The third-order valence-corrected chi connectivity index (χ3v) is 6.75. The molecule has 0 bridgehead atoms. The van der Waals surface area contributed by atoms with E-state index in [0.717, 1.165) is 29.5 Å². The Kier molecular flexibility index (Phi) is 5.32. The van der Waals surface area contributed by atoms with Crippen LogP contribution in [-0.2, 0) is 23.5 Å². The van der Waals surface area contributed by atoms with Gasteiger partial charge in [-0.25, -0.2) is 0 Å². The van der Waals surface area contributed by atoms with E-state index in [1.807, 2.05) is 17.7 Å². The Hall–Kier alpha value is -1.63. The predicted octanol–water partition coefficient (Wildman–Crippen LogP) is 4.53. The number of nitrogens with zero attached hydrogens (tertiary/aromatic N) is 2. The molecule has 0 unspecified atom stereocenters. The van der Waals surface area contributed by atoms with Crippen molar-refractivity contribution in [2.75, 3.05) is 0 Å². The number of hydrogen-bond donors (Lipinski definition) is 0. The molecule has 0 aliphatic carbocycles. The fraction of sp³-hybridized carbons (Fsp3) is 0.278. The van der Waals surface area contributed by atoms with Crippen molar-refractivity contribution in [1.82, 2.24) is 4.57 Å². The standard InChI is InChI=1S/C18H19ClN2O2S2/c1-3-4-5-13-6-11-16-17(12-13)24-18(21(16)2)20-25(22,23)15-9-7-14(19)8-10-15/h6-12H,3-5H2,1-2H3/b20-18-. The number of sulfonamides is 1. The van der Waals surface area contributed by atoms with Crippen LogP contribution >= 0.6 is 22.9 Å². The topological polar surface area (TPSA) is 51.4 Å². The van der Waals surface area contributed by atoms with Crippen molar-refractivity contribution < 1.29 is 8.42 Å². The van der Waals surface area contributed by atoms with Crippen molar-refractivity contribution in [2.45, 2.75) is 31.1 Å². The second kappa shape index (κ2) is 7.32. The second-order valence-electron chi connectivity index (χ2n) is 5.87. The smallest absolute Gasteiger partial charge is 0.285 e. The predicted molar refractivity (Wildman–Crippen MR) is 104 cm³/mol. The molecule has 0 saturated carbocycles. The number of unbranched alkanes of at least 4 members (excludes halogenated alkanes) is 1. The van der Waals surface area contributed by atoms with Gasteiger partial charge in [-0.15, -0.1) is 4.40 Å². The summed E-state index contributed by atoms with van der Waals surface area (Å²) in [4.78, 5) is 0.593. The molecule has 0 aliphatic rings. The summed E-state index contributed by atoms with van der Waals surface area (Å²) in [6, 6.07) is 12.3. The van der Waals surface area contributed by atoms with Gasteiger partial charge in [0, 0.05) is 12.1 Å². The fourth-order valence-electron chi connectivity index (χ4n) is 2.57. The molecule has 7 heteroatoms. The summed E-state index contributed by atoms with van der Waals surface area (Å²) in [5, 5.41) is 0.492. The molecule has 0 atom stereocenters. The van der Waals surface area contributed by atoms with E-state index in [1.54, 1.807) is 12.1 Å². The van der Waals surface area contributed by atoms with E-state index in [0.29, 0.717) is 9.82 Å². The van der Waals surface area contributed by atoms with Crippen LogP contribution in [0.15, 0.2) is 51.8 Å². The summed E-state index contributed by atoms with van der Waals surface area (Å²) >= 11 is 7.21. The molecule has 3 aromatic rings. The molecule has 25 heavy (non-hydrogen) atoms. The van der Waals surface area contributed by atoms with Crippen molar-refractivity contribution in [3.8, 4) is 0 Å². The first-order chi connectivity index (χ1) is 11.9. The number of halogens is 1. The molecule has 0 radical (unpaired) electrons. The molecule has 4 nitrogen and oxygen atoms in total. The van der Waals surface area contributed by atoms with Crippen LogP contribution in [-0.4, -0.2) is 13.0 Å². The van der Waals surface area contributed by atoms with Gasteiger partial charge < -0.3 is 4.57 Å². The first-order valence-electron chi connectivity index (χ1n) is 8.06. The molecular weight excluding hydrogens is 376 g/mol. The number of aromatic nitrogens is 1. The summed E-state index contributed by atoms with van der Waals surface area (Å²) in [7, 11) is -1.93. The molecule has 1 aromatic heterocycles. The van der Waals surface area contributed by atoms with Gasteiger partial charge in [-0.1, -0.05) is 42.3 Å². The van der Waals surface area contributed by atoms with Crippen LogP contribution in [0.25, 0.3) is 10.2 Å². The van der Waals surface area contributed by atoms with Gasteiger partial charge in [-0.3, -0.25) is 0 Å². The van der Waals surface area contributed by atoms with Gasteiger partial charge in [0.15, 0.2) is 0 Å². The average molecular weight is 395 g/mol. The zero-order chi connectivity index (χ0) is 18.0. The highest BCUT2D eigenvalue weighted by molar-refractivity contribution is 7.90. The molecule has 3 rings (SSSR count). The van der Waals surface area contributed by atoms with E-state index in [1.165, 1.54) is 29.0 Å². The first-order valence-corrected chi connectivity index (χ1v) is 10.7. The average Bonchev–Trinajstić information content (AvgIpc) is 2.88. The van der Waals surface area contributed by atoms with Crippen LogP contribution in [0.4, 0.5) is 0 Å². The summed E-state index contributed by atoms with van der Waals surface area (Å²) < 4.78 is 32.0. The van der Waals surface area contributed by atoms with Gasteiger partial charge in [0.25, 0.3) is 10.0 Å². The Balaban J connectivity index is 2.06. The Bertz CT molecular complexity index is 1060. The SMILES string of the molecule is CCCCc1ccc2c(c1)s/c(=N\S(=O)(=O)c1ccc(Cl)cc1)n2C. The highest BCUT2D eigenvalue weighted by Gasteiger charge is 2.14. The van der Waals surface area contributed by atoms with Crippen molar-refractivity contribution in [3.05, 3.63) is 57.9 Å². The third kappa shape index (κ3) is 3.97. The van der Waals surface area contributed by atoms with Gasteiger partial charge in [0.1, 0.15) is 0 Å². The number of fused-ring (bicyclic) bond motifs is 1. The van der Waals surface area contributed by atoms with E-state index in [-0.39, 0.29) is 4.90 Å². The summed E-state index contributed by atoms with van der Waals surface area (Å²) in [5.74, 6) is 0. The molecule has 132 valence electrons. The van der Waals surface area contributed by atoms with Crippen LogP contribution in [0.1, 0.15) is 25.3 Å². The van der Waals surface area contributed by atoms with Crippen LogP contribution in [0.2, 0.25) is 5.02 Å². The number of rotatable bonds is 5. The van der Waals surface area contributed by atoms with Crippen LogP contribution in [0, 0.1) is 0 Å². The minimum atomic E-state index is -3.77. The monoisotopic (exact) mass is 394 g/mol. The molecule has 1 heterocycles. The first kappa shape index (κ1) is 18.2. The maximum absolute atomic E-state index is 12.5.